The maximum Gasteiger partial charge on any atom is 0.265 e. The standard InChI is InChI=1S/C18H15Cl2N3O3S3/c19-12-3-4-13(20)16(10-12)29(25,26)23-7-5-22(6-8-23)18(24)15-11-21-17(28-15)14-2-1-9-27-14/h1-4,9-11H,5-8H2. The number of rotatable bonds is 4. The van der Waals surface area contributed by atoms with Crippen LogP contribution in [0.15, 0.2) is 46.8 Å². The number of piperazine rings is 1. The van der Waals surface area contributed by atoms with Crippen LogP contribution in [-0.2, 0) is 10.0 Å². The third-order valence-corrected chi connectivity index (χ3v) is 9.13. The first-order valence-corrected chi connectivity index (χ1v) is 12.5. The van der Waals surface area contributed by atoms with Gasteiger partial charge in [0.1, 0.15) is 14.8 Å². The molecule has 0 aliphatic carbocycles. The summed E-state index contributed by atoms with van der Waals surface area (Å²) in [6.07, 6.45) is 1.58. The fraction of sp³-hybridized carbons (Fsp3) is 0.222. The minimum atomic E-state index is -3.78. The highest BCUT2D eigenvalue weighted by molar-refractivity contribution is 7.89. The van der Waals surface area contributed by atoms with E-state index in [1.807, 2.05) is 17.5 Å². The quantitative estimate of drug-likeness (QED) is 0.549. The third kappa shape index (κ3) is 4.21. The van der Waals surface area contributed by atoms with Crippen LogP contribution in [0.4, 0.5) is 0 Å². The number of benzene rings is 1. The average molecular weight is 488 g/mol. The molecule has 0 radical (unpaired) electrons. The van der Waals surface area contributed by atoms with Crippen molar-refractivity contribution in [2.45, 2.75) is 4.90 Å². The number of carbonyl (C=O) groups excluding carboxylic acids is 1. The summed E-state index contributed by atoms with van der Waals surface area (Å²) in [7, 11) is -3.78. The van der Waals surface area contributed by atoms with Crippen LogP contribution >= 0.6 is 45.9 Å². The van der Waals surface area contributed by atoms with E-state index in [0.717, 1.165) is 9.88 Å². The van der Waals surface area contributed by atoms with Crippen LogP contribution in [0.5, 0.6) is 0 Å². The van der Waals surface area contributed by atoms with Crippen LogP contribution in [0.1, 0.15) is 9.67 Å². The van der Waals surface area contributed by atoms with E-state index in [9.17, 15) is 13.2 Å². The molecule has 1 amide bonds. The molecule has 1 aromatic carbocycles. The van der Waals surface area contributed by atoms with Gasteiger partial charge in [0.25, 0.3) is 5.91 Å². The van der Waals surface area contributed by atoms with E-state index in [1.165, 1.54) is 27.8 Å². The van der Waals surface area contributed by atoms with Gasteiger partial charge < -0.3 is 4.90 Å². The Labute approximate surface area is 186 Å². The Balaban J connectivity index is 1.45. The van der Waals surface area contributed by atoms with Gasteiger partial charge in [-0.15, -0.1) is 22.7 Å². The summed E-state index contributed by atoms with van der Waals surface area (Å²) in [5.41, 5.74) is 0. The molecule has 29 heavy (non-hydrogen) atoms. The molecule has 4 rings (SSSR count). The zero-order chi connectivity index (χ0) is 20.6. The van der Waals surface area contributed by atoms with Crippen LogP contribution in [0.2, 0.25) is 10.0 Å². The summed E-state index contributed by atoms with van der Waals surface area (Å²) in [4.78, 5) is 20.3. The number of hydrogen-bond acceptors (Lipinski definition) is 6. The first-order valence-electron chi connectivity index (χ1n) is 8.60. The van der Waals surface area contributed by atoms with Gasteiger partial charge in [-0.05, 0) is 29.6 Å². The highest BCUT2D eigenvalue weighted by atomic mass is 35.5. The predicted octanol–water partition coefficient (Wildman–Crippen LogP) is 4.33. The molecular weight excluding hydrogens is 473 g/mol. The second-order valence-electron chi connectivity index (χ2n) is 6.28. The van der Waals surface area contributed by atoms with Crippen molar-refractivity contribution in [1.29, 1.82) is 0 Å². The number of amides is 1. The van der Waals surface area contributed by atoms with Gasteiger partial charge in [0.15, 0.2) is 0 Å². The lowest BCUT2D eigenvalue weighted by molar-refractivity contribution is 0.0702. The summed E-state index contributed by atoms with van der Waals surface area (Å²) >= 11 is 14.9. The Morgan fingerprint density at radius 3 is 2.55 bits per heavy atom. The molecule has 2 aromatic heterocycles. The minimum absolute atomic E-state index is 0.0190. The fourth-order valence-corrected chi connectivity index (χ4v) is 6.84. The second-order valence-corrected chi connectivity index (χ2v) is 11.0. The second kappa shape index (κ2) is 8.33. The lowest BCUT2D eigenvalue weighted by Crippen LogP contribution is -2.50. The van der Waals surface area contributed by atoms with Crippen LogP contribution in [-0.4, -0.2) is 54.7 Å². The molecule has 3 aromatic rings. The van der Waals surface area contributed by atoms with Crippen molar-refractivity contribution in [1.82, 2.24) is 14.2 Å². The van der Waals surface area contributed by atoms with E-state index in [1.54, 1.807) is 28.5 Å². The molecule has 1 fully saturated rings. The predicted molar refractivity (Wildman–Crippen MR) is 117 cm³/mol. The minimum Gasteiger partial charge on any atom is -0.335 e. The van der Waals surface area contributed by atoms with Gasteiger partial charge in [-0.2, -0.15) is 4.31 Å². The molecule has 1 aliphatic heterocycles. The molecule has 0 spiro atoms. The molecule has 0 unspecified atom stereocenters. The Hall–Kier alpha value is -1.49. The summed E-state index contributed by atoms with van der Waals surface area (Å²) in [6, 6.07) is 8.25. The lowest BCUT2D eigenvalue weighted by atomic mass is 10.3. The van der Waals surface area contributed by atoms with Gasteiger partial charge in [0, 0.05) is 31.2 Å². The van der Waals surface area contributed by atoms with E-state index in [2.05, 4.69) is 4.98 Å². The first kappa shape index (κ1) is 20.8. The summed E-state index contributed by atoms with van der Waals surface area (Å²) in [5, 5.41) is 3.19. The van der Waals surface area contributed by atoms with Crippen LogP contribution in [0.3, 0.4) is 0 Å². The van der Waals surface area contributed by atoms with Gasteiger partial charge in [-0.25, -0.2) is 13.4 Å². The van der Waals surface area contributed by atoms with Crippen molar-refractivity contribution in [3.05, 3.63) is 56.8 Å². The molecule has 0 saturated carbocycles. The first-order chi connectivity index (χ1) is 13.9. The van der Waals surface area contributed by atoms with Crippen molar-refractivity contribution in [2.24, 2.45) is 0 Å². The van der Waals surface area contributed by atoms with Crippen molar-refractivity contribution in [3.8, 4) is 9.88 Å². The number of hydrogen-bond donors (Lipinski definition) is 0. The SMILES string of the molecule is O=C(c1cnc(-c2cccs2)s1)N1CCN(S(=O)(=O)c2cc(Cl)ccc2Cl)CC1. The van der Waals surface area contributed by atoms with E-state index in [4.69, 9.17) is 23.2 Å². The maximum absolute atomic E-state index is 12.9. The molecule has 0 atom stereocenters. The van der Waals surface area contributed by atoms with Gasteiger partial charge in [-0.3, -0.25) is 4.79 Å². The third-order valence-electron chi connectivity index (χ3n) is 4.49. The molecule has 1 saturated heterocycles. The van der Waals surface area contributed by atoms with E-state index in [0.29, 0.717) is 23.0 Å². The zero-order valence-electron chi connectivity index (χ0n) is 14.9. The van der Waals surface area contributed by atoms with Gasteiger partial charge in [-0.1, -0.05) is 29.3 Å². The number of carbonyl (C=O) groups is 1. The largest absolute Gasteiger partial charge is 0.335 e. The number of aromatic nitrogens is 1. The molecule has 3 heterocycles. The Bertz CT molecular complexity index is 1140. The molecule has 1 aliphatic rings. The number of thiophene rings is 1. The number of halogens is 2. The zero-order valence-corrected chi connectivity index (χ0v) is 18.9. The van der Waals surface area contributed by atoms with Crippen molar-refractivity contribution < 1.29 is 13.2 Å². The van der Waals surface area contributed by atoms with Crippen molar-refractivity contribution in [3.63, 3.8) is 0 Å². The number of thiazole rings is 1. The Morgan fingerprint density at radius 2 is 1.86 bits per heavy atom. The topological polar surface area (TPSA) is 70.6 Å². The maximum atomic E-state index is 12.9. The Morgan fingerprint density at radius 1 is 1.10 bits per heavy atom. The molecule has 11 heteroatoms. The highest BCUT2D eigenvalue weighted by Gasteiger charge is 2.32. The summed E-state index contributed by atoms with van der Waals surface area (Å²) in [5.74, 6) is -0.136. The molecule has 0 N–H and O–H groups in total. The molecule has 152 valence electrons. The van der Waals surface area contributed by atoms with Crippen LogP contribution in [0.25, 0.3) is 9.88 Å². The lowest BCUT2D eigenvalue weighted by Gasteiger charge is -2.33. The molecule has 6 nitrogen and oxygen atoms in total. The van der Waals surface area contributed by atoms with E-state index >= 15 is 0 Å². The highest BCUT2D eigenvalue weighted by Crippen LogP contribution is 2.31. The summed E-state index contributed by atoms with van der Waals surface area (Å²) in [6.45, 7) is 0.964. The van der Waals surface area contributed by atoms with Crippen molar-refractivity contribution in [2.75, 3.05) is 26.2 Å². The normalized spacial score (nSPS) is 15.6. The van der Waals surface area contributed by atoms with E-state index < -0.39 is 10.0 Å². The van der Waals surface area contributed by atoms with Crippen LogP contribution in [0, 0.1) is 0 Å². The number of nitrogens with zero attached hydrogens (tertiary/aromatic N) is 3. The van der Waals surface area contributed by atoms with Gasteiger partial charge in [0.05, 0.1) is 16.1 Å². The molecular formula is C18H15Cl2N3O3S3. The monoisotopic (exact) mass is 487 g/mol. The number of sulfonamides is 1. The van der Waals surface area contributed by atoms with Crippen molar-refractivity contribution >= 4 is 61.8 Å². The van der Waals surface area contributed by atoms with E-state index in [-0.39, 0.29) is 28.9 Å². The summed E-state index contributed by atoms with van der Waals surface area (Å²) < 4.78 is 27.2. The average Bonchev–Trinajstić information content (AvgIpc) is 3.41. The Kier molecular flexibility index (Phi) is 5.97. The van der Waals surface area contributed by atoms with Gasteiger partial charge >= 0.3 is 0 Å². The van der Waals surface area contributed by atoms with Gasteiger partial charge in [0.2, 0.25) is 10.0 Å². The smallest absolute Gasteiger partial charge is 0.265 e. The van der Waals surface area contributed by atoms with Crippen LogP contribution < -0.4 is 0 Å². The molecule has 0 bridgehead atoms. The fourth-order valence-electron chi connectivity index (χ4n) is 2.99.